The molecule has 35 heavy (non-hydrogen) atoms. The van der Waals surface area contributed by atoms with E-state index in [9.17, 15) is 19.8 Å². The number of carbonyl (C=O) groups is 2. The van der Waals surface area contributed by atoms with Crippen molar-refractivity contribution in [3.05, 3.63) is 89.1 Å². The number of nitrogens with zero attached hydrogens (tertiary/aromatic N) is 3. The summed E-state index contributed by atoms with van der Waals surface area (Å²) >= 11 is 3.38. The van der Waals surface area contributed by atoms with Gasteiger partial charge < -0.3 is 10.2 Å². The smallest absolute Gasteiger partial charge is 0.335 e. The lowest BCUT2D eigenvalue weighted by atomic mass is 10.1. The van der Waals surface area contributed by atoms with Gasteiger partial charge in [-0.2, -0.15) is 0 Å². The van der Waals surface area contributed by atoms with E-state index in [1.165, 1.54) is 45.8 Å². The topological polar surface area (TPSA) is 113 Å². The fraction of sp³-hybridized carbons (Fsp3) is 0.0385. The molecule has 0 saturated carbocycles. The first-order valence-electron chi connectivity index (χ1n) is 10.5. The molecule has 5 aromatic heterocycles. The average Bonchev–Trinajstić information content (AvgIpc) is 3.53. The standard InChI is InChI=1S/C26H17N3O4S2/c1-14-6-9-34-24(14)23-3-2-22(35-23)15-4-7-27-18(10-15)20-12-17(26(32)33)13-21(29-20)19-11-16(25(30)31)5-8-28-19/h2-13H,1H3,(H,30,31)(H,32,33). The maximum Gasteiger partial charge on any atom is 0.335 e. The Bertz CT molecular complexity index is 1590. The molecule has 0 aromatic carbocycles. The van der Waals surface area contributed by atoms with E-state index in [0.29, 0.717) is 11.4 Å². The monoisotopic (exact) mass is 499 g/mol. The highest BCUT2D eigenvalue weighted by molar-refractivity contribution is 7.23. The van der Waals surface area contributed by atoms with Crippen LogP contribution in [0.1, 0.15) is 26.3 Å². The fourth-order valence-electron chi connectivity index (χ4n) is 3.58. The van der Waals surface area contributed by atoms with Crippen LogP contribution >= 0.6 is 22.7 Å². The van der Waals surface area contributed by atoms with Gasteiger partial charge in [0.2, 0.25) is 0 Å². The number of rotatable bonds is 6. The van der Waals surface area contributed by atoms with Gasteiger partial charge in [0.05, 0.1) is 33.9 Å². The number of carboxylic acids is 2. The zero-order valence-corrected chi connectivity index (χ0v) is 19.9. The van der Waals surface area contributed by atoms with Crippen molar-refractivity contribution in [3.8, 4) is 43.0 Å². The van der Waals surface area contributed by atoms with Gasteiger partial charge in [-0.25, -0.2) is 14.6 Å². The molecule has 7 nitrogen and oxygen atoms in total. The van der Waals surface area contributed by atoms with E-state index in [4.69, 9.17) is 0 Å². The van der Waals surface area contributed by atoms with Crippen LogP contribution in [-0.2, 0) is 0 Å². The van der Waals surface area contributed by atoms with Crippen LogP contribution in [0.2, 0.25) is 0 Å². The van der Waals surface area contributed by atoms with Crippen molar-refractivity contribution < 1.29 is 19.8 Å². The van der Waals surface area contributed by atoms with Crippen LogP contribution < -0.4 is 0 Å². The molecule has 0 atom stereocenters. The van der Waals surface area contributed by atoms with Crippen LogP contribution in [0.3, 0.4) is 0 Å². The molecule has 2 N–H and O–H groups in total. The van der Waals surface area contributed by atoms with E-state index in [2.05, 4.69) is 45.5 Å². The Kier molecular flexibility index (Phi) is 5.94. The summed E-state index contributed by atoms with van der Waals surface area (Å²) in [6, 6.07) is 15.6. The summed E-state index contributed by atoms with van der Waals surface area (Å²) in [4.78, 5) is 39.8. The van der Waals surface area contributed by atoms with Gasteiger partial charge in [0.1, 0.15) is 0 Å². The first-order valence-corrected chi connectivity index (χ1v) is 12.1. The second-order valence-electron chi connectivity index (χ2n) is 7.69. The normalized spacial score (nSPS) is 10.9. The molecule has 0 amide bonds. The number of hydrogen-bond donors (Lipinski definition) is 2. The highest BCUT2D eigenvalue weighted by Gasteiger charge is 2.16. The Morgan fingerprint density at radius 3 is 2.03 bits per heavy atom. The van der Waals surface area contributed by atoms with Crippen LogP contribution in [0.15, 0.2) is 72.4 Å². The van der Waals surface area contributed by atoms with Gasteiger partial charge in [-0.3, -0.25) is 9.97 Å². The predicted molar refractivity (Wildman–Crippen MR) is 136 cm³/mol. The van der Waals surface area contributed by atoms with Crippen molar-refractivity contribution in [2.24, 2.45) is 0 Å². The Balaban J connectivity index is 1.57. The number of pyridine rings is 3. The first-order chi connectivity index (χ1) is 16.9. The number of carboxylic acid groups (broad SMARTS) is 2. The largest absolute Gasteiger partial charge is 0.478 e. The van der Waals surface area contributed by atoms with Gasteiger partial charge in [-0.05, 0) is 78.0 Å². The minimum Gasteiger partial charge on any atom is -0.478 e. The quantitative estimate of drug-likeness (QED) is 0.279. The SMILES string of the molecule is Cc1ccsc1-c1ccc(-c2ccnc(-c3cc(C(=O)O)cc(-c4cc(C(=O)O)ccn4)n3)c2)s1. The maximum atomic E-state index is 11.8. The van der Waals surface area contributed by atoms with E-state index >= 15 is 0 Å². The van der Waals surface area contributed by atoms with Crippen molar-refractivity contribution in [1.29, 1.82) is 0 Å². The minimum atomic E-state index is -1.13. The molecule has 0 aliphatic rings. The summed E-state index contributed by atoms with van der Waals surface area (Å²) in [6.07, 6.45) is 3.02. The van der Waals surface area contributed by atoms with E-state index < -0.39 is 11.9 Å². The van der Waals surface area contributed by atoms with E-state index in [-0.39, 0.29) is 22.5 Å². The molecular weight excluding hydrogens is 482 g/mol. The molecule has 0 fully saturated rings. The minimum absolute atomic E-state index is 0.00584. The van der Waals surface area contributed by atoms with Crippen LogP contribution in [-0.4, -0.2) is 37.1 Å². The number of aromatic nitrogens is 3. The Morgan fingerprint density at radius 1 is 0.743 bits per heavy atom. The van der Waals surface area contributed by atoms with E-state index in [1.54, 1.807) is 28.9 Å². The Hall–Kier alpha value is -4.21. The number of thiophene rings is 2. The van der Waals surface area contributed by atoms with Crippen LogP contribution in [0.5, 0.6) is 0 Å². The summed E-state index contributed by atoms with van der Waals surface area (Å²) in [6.45, 7) is 2.09. The third-order valence-electron chi connectivity index (χ3n) is 5.34. The summed E-state index contributed by atoms with van der Waals surface area (Å²) in [5.74, 6) is -2.24. The highest BCUT2D eigenvalue weighted by atomic mass is 32.1. The third-order valence-corrected chi connectivity index (χ3v) is 7.67. The van der Waals surface area contributed by atoms with Gasteiger partial charge in [-0.1, -0.05) is 0 Å². The lowest BCUT2D eigenvalue weighted by Crippen LogP contribution is -2.02. The molecule has 5 rings (SSSR count). The summed E-state index contributed by atoms with van der Waals surface area (Å²) < 4.78 is 0. The summed E-state index contributed by atoms with van der Waals surface area (Å²) in [5.41, 5.74) is 3.59. The lowest BCUT2D eigenvalue weighted by molar-refractivity contribution is 0.0686. The summed E-state index contributed by atoms with van der Waals surface area (Å²) in [7, 11) is 0. The molecule has 0 aliphatic heterocycles. The zero-order chi connectivity index (χ0) is 24.5. The Labute approximate surface area is 208 Å². The molecule has 0 unspecified atom stereocenters. The molecule has 0 aliphatic carbocycles. The van der Waals surface area contributed by atoms with Gasteiger partial charge in [0.25, 0.3) is 0 Å². The maximum absolute atomic E-state index is 11.8. The molecule has 0 saturated heterocycles. The highest BCUT2D eigenvalue weighted by Crippen LogP contribution is 2.39. The van der Waals surface area contributed by atoms with Crippen molar-refractivity contribution in [2.75, 3.05) is 0 Å². The van der Waals surface area contributed by atoms with Crippen LogP contribution in [0, 0.1) is 6.92 Å². The average molecular weight is 500 g/mol. The Morgan fingerprint density at radius 2 is 1.37 bits per heavy atom. The van der Waals surface area contributed by atoms with Crippen molar-refractivity contribution in [1.82, 2.24) is 15.0 Å². The van der Waals surface area contributed by atoms with E-state index in [0.717, 1.165) is 10.4 Å². The number of aryl methyl sites for hydroxylation is 1. The van der Waals surface area contributed by atoms with Gasteiger partial charge in [0.15, 0.2) is 0 Å². The molecule has 5 aromatic rings. The predicted octanol–water partition coefficient (Wildman–Crippen LogP) is 6.37. The molecule has 0 spiro atoms. The molecule has 172 valence electrons. The number of aromatic carboxylic acids is 2. The second kappa shape index (κ2) is 9.21. The first kappa shape index (κ1) is 22.6. The van der Waals surface area contributed by atoms with Gasteiger partial charge >= 0.3 is 11.9 Å². The molecule has 9 heteroatoms. The summed E-state index contributed by atoms with van der Waals surface area (Å²) in [5, 5.41) is 21.0. The third kappa shape index (κ3) is 4.59. The van der Waals surface area contributed by atoms with Gasteiger partial charge in [-0.15, -0.1) is 22.7 Å². The fourth-order valence-corrected chi connectivity index (χ4v) is 5.71. The second-order valence-corrected chi connectivity index (χ2v) is 9.69. The van der Waals surface area contributed by atoms with Gasteiger partial charge in [0, 0.05) is 27.0 Å². The van der Waals surface area contributed by atoms with Crippen molar-refractivity contribution in [2.45, 2.75) is 6.92 Å². The molecular formula is C26H17N3O4S2. The lowest BCUT2D eigenvalue weighted by Gasteiger charge is -2.08. The zero-order valence-electron chi connectivity index (χ0n) is 18.3. The van der Waals surface area contributed by atoms with Crippen LogP contribution in [0.25, 0.3) is 43.0 Å². The van der Waals surface area contributed by atoms with Crippen molar-refractivity contribution >= 4 is 34.6 Å². The molecule has 0 radical (unpaired) electrons. The van der Waals surface area contributed by atoms with Crippen LogP contribution in [0.4, 0.5) is 0 Å². The molecule has 5 heterocycles. The number of hydrogen-bond acceptors (Lipinski definition) is 7. The molecule has 0 bridgehead atoms. The van der Waals surface area contributed by atoms with E-state index in [1.807, 2.05) is 12.1 Å². The van der Waals surface area contributed by atoms with Crippen molar-refractivity contribution in [3.63, 3.8) is 0 Å².